The van der Waals surface area contributed by atoms with E-state index < -0.39 is 11.8 Å². The fraction of sp³-hybridized carbons (Fsp3) is 0.300. The minimum absolute atomic E-state index is 0.161. The lowest BCUT2D eigenvalue weighted by Gasteiger charge is -2.05. The van der Waals surface area contributed by atoms with Gasteiger partial charge in [0, 0.05) is 19.2 Å². The van der Waals surface area contributed by atoms with Gasteiger partial charge in [0.1, 0.15) is 5.75 Å². The molecule has 86 valence electrons. The normalized spacial score (nSPS) is 9.75. The van der Waals surface area contributed by atoms with Crippen LogP contribution in [0.1, 0.15) is 23.2 Å². The average molecular weight is 223 g/mol. The van der Waals surface area contributed by atoms with Crippen LogP contribution in [0, 0.1) is 0 Å². The third kappa shape index (κ3) is 3.56. The van der Waals surface area contributed by atoms with E-state index in [-0.39, 0.29) is 17.7 Å². The molecule has 2 amide bonds. The van der Waals surface area contributed by atoms with Crippen molar-refractivity contribution in [1.29, 1.82) is 0 Å². The minimum atomic E-state index is -0.402. The molecule has 0 saturated heterocycles. The first kappa shape index (κ1) is 12.0. The number of nitrogens with one attached hydrogen (secondary N) is 1. The summed E-state index contributed by atoms with van der Waals surface area (Å²) in [6.07, 6.45) is 3.31. The molecular weight excluding hydrogens is 210 g/mol. The first-order valence-corrected chi connectivity index (χ1v) is 4.80. The number of hydrogen-bond donors (Lipinski definition) is 3. The zero-order valence-corrected chi connectivity index (χ0v) is 8.64. The summed E-state index contributed by atoms with van der Waals surface area (Å²) in [5.41, 5.74) is 5.11. The van der Waals surface area contributed by atoms with E-state index in [0.29, 0.717) is 13.0 Å². The van der Waals surface area contributed by atoms with Crippen LogP contribution in [0.5, 0.6) is 5.75 Å². The Morgan fingerprint density at radius 1 is 1.50 bits per heavy atom. The molecule has 0 radical (unpaired) electrons. The molecule has 0 saturated carbocycles. The van der Waals surface area contributed by atoms with E-state index in [1.807, 2.05) is 0 Å². The van der Waals surface area contributed by atoms with Crippen LogP contribution in [0.4, 0.5) is 0 Å². The summed E-state index contributed by atoms with van der Waals surface area (Å²) >= 11 is 0. The van der Waals surface area contributed by atoms with Crippen LogP contribution in [-0.4, -0.2) is 28.4 Å². The van der Waals surface area contributed by atoms with Crippen molar-refractivity contribution in [2.24, 2.45) is 5.73 Å². The molecule has 0 unspecified atom stereocenters. The molecule has 16 heavy (non-hydrogen) atoms. The van der Waals surface area contributed by atoms with Crippen LogP contribution in [0.15, 0.2) is 18.5 Å². The van der Waals surface area contributed by atoms with Gasteiger partial charge in [-0.2, -0.15) is 0 Å². The van der Waals surface area contributed by atoms with Gasteiger partial charge in [0.05, 0.1) is 11.8 Å². The maximum Gasteiger partial charge on any atom is 0.255 e. The summed E-state index contributed by atoms with van der Waals surface area (Å²) in [5, 5.41) is 11.9. The number of hydrogen-bond acceptors (Lipinski definition) is 4. The molecule has 0 aliphatic carbocycles. The lowest BCUT2D eigenvalue weighted by atomic mass is 10.2. The Hall–Kier alpha value is -2.11. The molecule has 0 aliphatic rings. The van der Waals surface area contributed by atoms with E-state index >= 15 is 0 Å². The van der Waals surface area contributed by atoms with Crippen LogP contribution in [-0.2, 0) is 4.79 Å². The Morgan fingerprint density at radius 3 is 2.88 bits per heavy atom. The van der Waals surface area contributed by atoms with Crippen LogP contribution in [0.25, 0.3) is 0 Å². The monoisotopic (exact) mass is 223 g/mol. The van der Waals surface area contributed by atoms with Crippen molar-refractivity contribution in [1.82, 2.24) is 10.3 Å². The quantitative estimate of drug-likeness (QED) is 0.600. The van der Waals surface area contributed by atoms with E-state index in [1.54, 1.807) is 0 Å². The second kappa shape index (κ2) is 5.69. The predicted molar refractivity (Wildman–Crippen MR) is 56.7 cm³/mol. The van der Waals surface area contributed by atoms with Crippen LogP contribution in [0.2, 0.25) is 0 Å². The Bertz CT molecular complexity index is 393. The van der Waals surface area contributed by atoms with Crippen molar-refractivity contribution in [2.45, 2.75) is 12.8 Å². The standard InChI is InChI=1S/C10H13N3O3/c11-9(15)2-1-4-13-10(16)7-3-5-12-6-8(7)14/h3,5-6,14H,1-2,4H2,(H2,11,15)(H,13,16). The molecule has 6 nitrogen and oxygen atoms in total. The number of rotatable bonds is 5. The molecule has 1 aromatic rings. The Morgan fingerprint density at radius 2 is 2.25 bits per heavy atom. The maximum atomic E-state index is 11.5. The summed E-state index contributed by atoms with van der Waals surface area (Å²) < 4.78 is 0. The smallest absolute Gasteiger partial charge is 0.255 e. The van der Waals surface area contributed by atoms with Gasteiger partial charge in [-0.3, -0.25) is 14.6 Å². The molecule has 1 rings (SSSR count). The maximum absolute atomic E-state index is 11.5. The number of pyridine rings is 1. The minimum Gasteiger partial charge on any atom is -0.505 e. The SMILES string of the molecule is NC(=O)CCCNC(=O)c1ccncc1O. The summed E-state index contributed by atoms with van der Waals surface area (Å²) in [4.78, 5) is 25.6. The van der Waals surface area contributed by atoms with E-state index in [2.05, 4.69) is 10.3 Å². The van der Waals surface area contributed by atoms with Crippen molar-refractivity contribution in [3.05, 3.63) is 24.0 Å². The van der Waals surface area contributed by atoms with Crippen molar-refractivity contribution >= 4 is 11.8 Å². The van der Waals surface area contributed by atoms with Gasteiger partial charge in [-0.1, -0.05) is 0 Å². The lowest BCUT2D eigenvalue weighted by molar-refractivity contribution is -0.118. The van der Waals surface area contributed by atoms with E-state index in [9.17, 15) is 14.7 Å². The third-order valence-corrected chi connectivity index (χ3v) is 1.93. The number of carbonyl (C=O) groups is 2. The molecule has 0 aromatic carbocycles. The van der Waals surface area contributed by atoms with E-state index in [1.165, 1.54) is 18.5 Å². The lowest BCUT2D eigenvalue weighted by Crippen LogP contribution is -2.25. The second-order valence-corrected chi connectivity index (χ2v) is 3.22. The fourth-order valence-electron chi connectivity index (χ4n) is 1.14. The average Bonchev–Trinajstić information content (AvgIpc) is 2.24. The van der Waals surface area contributed by atoms with Gasteiger partial charge in [0.2, 0.25) is 5.91 Å². The molecule has 1 heterocycles. The van der Waals surface area contributed by atoms with Gasteiger partial charge in [0.15, 0.2) is 0 Å². The first-order chi connectivity index (χ1) is 7.61. The summed E-state index contributed by atoms with van der Waals surface area (Å²) in [5.74, 6) is -0.972. The van der Waals surface area contributed by atoms with Crippen LogP contribution >= 0.6 is 0 Å². The number of primary amides is 1. The number of nitrogens with two attached hydrogens (primary N) is 1. The van der Waals surface area contributed by atoms with Gasteiger partial charge in [0.25, 0.3) is 5.91 Å². The molecule has 0 aliphatic heterocycles. The first-order valence-electron chi connectivity index (χ1n) is 4.80. The fourth-order valence-corrected chi connectivity index (χ4v) is 1.14. The van der Waals surface area contributed by atoms with Crippen molar-refractivity contribution in [3.63, 3.8) is 0 Å². The van der Waals surface area contributed by atoms with Gasteiger partial charge in [-0.05, 0) is 12.5 Å². The largest absolute Gasteiger partial charge is 0.505 e. The van der Waals surface area contributed by atoms with Crippen LogP contribution < -0.4 is 11.1 Å². The number of aromatic nitrogens is 1. The third-order valence-electron chi connectivity index (χ3n) is 1.93. The Labute approximate surface area is 92.5 Å². The number of nitrogens with zero attached hydrogens (tertiary/aromatic N) is 1. The molecule has 0 bridgehead atoms. The summed E-state index contributed by atoms with van der Waals surface area (Å²) in [6.45, 7) is 0.337. The van der Waals surface area contributed by atoms with E-state index in [4.69, 9.17) is 5.73 Å². The van der Waals surface area contributed by atoms with Crippen molar-refractivity contribution in [3.8, 4) is 5.75 Å². The summed E-state index contributed by atoms with van der Waals surface area (Å²) in [6, 6.07) is 1.42. The molecule has 0 spiro atoms. The topological polar surface area (TPSA) is 105 Å². The molecule has 1 aromatic heterocycles. The van der Waals surface area contributed by atoms with Gasteiger partial charge in [-0.15, -0.1) is 0 Å². The zero-order valence-electron chi connectivity index (χ0n) is 8.64. The highest BCUT2D eigenvalue weighted by Gasteiger charge is 2.09. The predicted octanol–water partition coefficient (Wildman–Crippen LogP) is -0.218. The number of carbonyl (C=O) groups excluding carboxylic acids is 2. The Kier molecular flexibility index (Phi) is 4.26. The highest BCUT2D eigenvalue weighted by Crippen LogP contribution is 2.13. The van der Waals surface area contributed by atoms with Crippen molar-refractivity contribution < 1.29 is 14.7 Å². The molecule has 4 N–H and O–H groups in total. The molecule has 0 atom stereocenters. The van der Waals surface area contributed by atoms with Gasteiger partial charge >= 0.3 is 0 Å². The highest BCUT2D eigenvalue weighted by molar-refractivity contribution is 5.96. The van der Waals surface area contributed by atoms with E-state index in [0.717, 1.165) is 0 Å². The van der Waals surface area contributed by atoms with Crippen molar-refractivity contribution in [2.75, 3.05) is 6.54 Å². The van der Waals surface area contributed by atoms with Crippen LogP contribution in [0.3, 0.4) is 0 Å². The van der Waals surface area contributed by atoms with Gasteiger partial charge < -0.3 is 16.2 Å². The second-order valence-electron chi connectivity index (χ2n) is 3.22. The number of amides is 2. The molecule has 6 heteroatoms. The van der Waals surface area contributed by atoms with Gasteiger partial charge in [-0.25, -0.2) is 0 Å². The Balaban J connectivity index is 2.41. The summed E-state index contributed by atoms with van der Waals surface area (Å²) in [7, 11) is 0. The molecule has 0 fully saturated rings. The molecular formula is C10H13N3O3. The number of aromatic hydroxyl groups is 1. The highest BCUT2D eigenvalue weighted by atomic mass is 16.3. The zero-order chi connectivity index (χ0) is 12.0.